The number of guanidine groups is 1. The van der Waals surface area contributed by atoms with E-state index < -0.39 is 10.0 Å². The summed E-state index contributed by atoms with van der Waals surface area (Å²) in [7, 11) is 0.0269. The molecule has 150 valence electrons. The third-order valence-electron chi connectivity index (χ3n) is 3.37. The molecule has 0 amide bonds. The Bertz CT molecular complexity index is 668. The van der Waals surface area contributed by atoms with Crippen molar-refractivity contribution in [3.8, 4) is 11.5 Å². The Morgan fingerprint density at radius 2 is 1.85 bits per heavy atom. The Morgan fingerprint density at radius 1 is 1.12 bits per heavy atom. The van der Waals surface area contributed by atoms with Crippen LogP contribution in [0.25, 0.3) is 0 Å². The molecule has 1 rings (SSSR count). The first kappa shape index (κ1) is 24.7. The number of hydrogen-bond donors (Lipinski definition) is 3. The summed E-state index contributed by atoms with van der Waals surface area (Å²) >= 11 is 0. The van der Waals surface area contributed by atoms with Crippen molar-refractivity contribution in [1.82, 2.24) is 15.4 Å². The van der Waals surface area contributed by atoms with E-state index in [0.29, 0.717) is 37.9 Å². The molecule has 0 fully saturated rings. The highest BCUT2D eigenvalue weighted by Crippen LogP contribution is 2.25. The second kappa shape index (κ2) is 13.0. The van der Waals surface area contributed by atoms with Crippen LogP contribution in [0.4, 0.5) is 0 Å². The van der Waals surface area contributed by atoms with Crippen LogP contribution >= 0.6 is 24.0 Å². The highest BCUT2D eigenvalue weighted by atomic mass is 127. The van der Waals surface area contributed by atoms with Crippen molar-refractivity contribution in [2.45, 2.75) is 20.4 Å². The van der Waals surface area contributed by atoms with Gasteiger partial charge in [-0.05, 0) is 26.0 Å². The average molecular weight is 500 g/mol. The van der Waals surface area contributed by atoms with E-state index in [-0.39, 0.29) is 29.7 Å². The number of sulfonamides is 1. The standard InChI is InChI=1S/C16H28N4O4S.HI/c1-5-17-16(18-9-10-20-25(21,22)6-2)19-12-13-7-8-14(23-3)11-15(13)24-4;/h7-8,11,20H,5-6,9-10,12H2,1-4H3,(H2,17,18,19);1H. The van der Waals surface area contributed by atoms with Gasteiger partial charge in [-0.15, -0.1) is 24.0 Å². The molecule has 0 aliphatic rings. The minimum Gasteiger partial charge on any atom is -0.497 e. The van der Waals surface area contributed by atoms with Crippen LogP contribution < -0.4 is 24.8 Å². The SMILES string of the molecule is CCNC(=NCc1ccc(OC)cc1OC)NCCNS(=O)(=O)CC.I. The number of benzene rings is 1. The molecule has 3 N–H and O–H groups in total. The Balaban J connectivity index is 0.00000625. The summed E-state index contributed by atoms with van der Waals surface area (Å²) in [5.41, 5.74) is 0.923. The first-order chi connectivity index (χ1) is 12.0. The normalized spacial score (nSPS) is 11.5. The first-order valence-electron chi connectivity index (χ1n) is 8.16. The van der Waals surface area contributed by atoms with E-state index in [1.807, 2.05) is 25.1 Å². The van der Waals surface area contributed by atoms with E-state index in [1.54, 1.807) is 21.1 Å². The zero-order chi connectivity index (χ0) is 18.7. The molecule has 0 radical (unpaired) electrons. The molecule has 0 heterocycles. The average Bonchev–Trinajstić information content (AvgIpc) is 2.62. The Hall–Kier alpha value is -1.27. The van der Waals surface area contributed by atoms with Gasteiger partial charge in [-0.25, -0.2) is 18.1 Å². The van der Waals surface area contributed by atoms with Crippen LogP contribution in [0.15, 0.2) is 23.2 Å². The second-order valence-electron chi connectivity index (χ2n) is 5.10. The fourth-order valence-corrected chi connectivity index (χ4v) is 2.60. The molecule has 0 aliphatic carbocycles. The lowest BCUT2D eigenvalue weighted by molar-refractivity contribution is 0.391. The summed E-state index contributed by atoms with van der Waals surface area (Å²) in [5, 5.41) is 6.21. The number of nitrogens with zero attached hydrogens (tertiary/aromatic N) is 1. The summed E-state index contributed by atoms with van der Waals surface area (Å²) in [6.45, 7) is 5.42. The van der Waals surface area contributed by atoms with E-state index in [0.717, 1.165) is 11.3 Å². The number of aliphatic imine (C=N–C) groups is 1. The van der Waals surface area contributed by atoms with Gasteiger partial charge in [0.05, 0.1) is 26.5 Å². The lowest BCUT2D eigenvalue weighted by atomic mass is 10.2. The highest BCUT2D eigenvalue weighted by Gasteiger charge is 2.07. The molecule has 0 saturated heterocycles. The molecule has 26 heavy (non-hydrogen) atoms. The Labute approximate surface area is 173 Å². The maximum absolute atomic E-state index is 11.4. The number of hydrogen-bond acceptors (Lipinski definition) is 5. The predicted molar refractivity (Wildman–Crippen MR) is 115 cm³/mol. The van der Waals surface area contributed by atoms with Gasteiger partial charge >= 0.3 is 0 Å². The summed E-state index contributed by atoms with van der Waals surface area (Å²) in [5.74, 6) is 2.10. The van der Waals surface area contributed by atoms with Crippen LogP contribution in [0.2, 0.25) is 0 Å². The van der Waals surface area contributed by atoms with E-state index in [9.17, 15) is 8.42 Å². The third-order valence-corrected chi connectivity index (χ3v) is 4.77. The van der Waals surface area contributed by atoms with Crippen molar-refractivity contribution in [1.29, 1.82) is 0 Å². The lowest BCUT2D eigenvalue weighted by Gasteiger charge is -2.13. The number of rotatable bonds is 10. The molecule has 0 aromatic heterocycles. The van der Waals surface area contributed by atoms with Crippen LogP contribution in [0, 0.1) is 0 Å². The minimum atomic E-state index is -3.18. The Morgan fingerprint density at radius 3 is 2.42 bits per heavy atom. The van der Waals surface area contributed by atoms with Crippen molar-refractivity contribution in [2.24, 2.45) is 4.99 Å². The van der Waals surface area contributed by atoms with Gasteiger partial charge in [-0.3, -0.25) is 0 Å². The Kier molecular flexibility index (Phi) is 12.3. The molecular weight excluding hydrogens is 471 g/mol. The zero-order valence-corrected chi connectivity index (χ0v) is 18.8. The van der Waals surface area contributed by atoms with Gasteiger partial charge in [-0.1, -0.05) is 0 Å². The van der Waals surface area contributed by atoms with E-state index in [4.69, 9.17) is 9.47 Å². The number of ether oxygens (including phenoxy) is 2. The van der Waals surface area contributed by atoms with Gasteiger partial charge in [0.1, 0.15) is 11.5 Å². The van der Waals surface area contributed by atoms with Gasteiger partial charge in [0.25, 0.3) is 0 Å². The molecular formula is C16H29IN4O4S. The van der Waals surface area contributed by atoms with Crippen molar-refractivity contribution in [3.05, 3.63) is 23.8 Å². The third kappa shape index (κ3) is 8.90. The smallest absolute Gasteiger partial charge is 0.211 e. The summed E-state index contributed by atoms with van der Waals surface area (Å²) in [6.07, 6.45) is 0. The fourth-order valence-electron chi connectivity index (χ4n) is 1.98. The van der Waals surface area contributed by atoms with Crippen LogP contribution in [0.5, 0.6) is 11.5 Å². The van der Waals surface area contributed by atoms with Crippen molar-refractivity contribution >= 4 is 40.0 Å². The van der Waals surface area contributed by atoms with Crippen LogP contribution in [-0.2, 0) is 16.6 Å². The molecule has 10 heteroatoms. The van der Waals surface area contributed by atoms with Gasteiger partial charge in [0.2, 0.25) is 10.0 Å². The first-order valence-corrected chi connectivity index (χ1v) is 9.81. The van der Waals surface area contributed by atoms with Crippen molar-refractivity contribution in [2.75, 3.05) is 39.6 Å². The fraction of sp³-hybridized carbons (Fsp3) is 0.562. The van der Waals surface area contributed by atoms with Crippen LogP contribution in [-0.4, -0.2) is 54.0 Å². The minimum absolute atomic E-state index is 0. The summed E-state index contributed by atoms with van der Waals surface area (Å²) < 4.78 is 35.8. The van der Waals surface area contributed by atoms with Crippen LogP contribution in [0.1, 0.15) is 19.4 Å². The number of nitrogens with one attached hydrogen (secondary N) is 3. The van der Waals surface area contributed by atoms with Gasteiger partial charge < -0.3 is 20.1 Å². The maximum atomic E-state index is 11.4. The van der Waals surface area contributed by atoms with Crippen LogP contribution in [0.3, 0.4) is 0 Å². The summed E-state index contributed by atoms with van der Waals surface area (Å²) in [4.78, 5) is 4.50. The monoisotopic (exact) mass is 500 g/mol. The van der Waals surface area contributed by atoms with Crippen molar-refractivity contribution in [3.63, 3.8) is 0 Å². The van der Waals surface area contributed by atoms with Crippen molar-refractivity contribution < 1.29 is 17.9 Å². The van der Waals surface area contributed by atoms with Gasteiger partial charge in [0.15, 0.2) is 5.96 Å². The van der Waals surface area contributed by atoms with E-state index in [2.05, 4.69) is 20.3 Å². The molecule has 1 aromatic rings. The molecule has 0 atom stereocenters. The number of halogens is 1. The molecule has 8 nitrogen and oxygen atoms in total. The molecule has 0 bridgehead atoms. The topological polar surface area (TPSA) is 101 Å². The zero-order valence-electron chi connectivity index (χ0n) is 15.7. The lowest BCUT2D eigenvalue weighted by Crippen LogP contribution is -2.41. The molecule has 0 spiro atoms. The molecule has 0 aliphatic heterocycles. The van der Waals surface area contributed by atoms with Gasteiger partial charge in [-0.2, -0.15) is 0 Å². The highest BCUT2D eigenvalue weighted by molar-refractivity contribution is 14.0. The molecule has 0 saturated carbocycles. The molecule has 1 aromatic carbocycles. The molecule has 0 unspecified atom stereocenters. The maximum Gasteiger partial charge on any atom is 0.211 e. The van der Waals surface area contributed by atoms with E-state index >= 15 is 0 Å². The largest absolute Gasteiger partial charge is 0.497 e. The predicted octanol–water partition coefficient (Wildman–Crippen LogP) is 1.32. The second-order valence-corrected chi connectivity index (χ2v) is 7.19. The number of methoxy groups -OCH3 is 2. The quantitative estimate of drug-likeness (QED) is 0.194. The van der Waals surface area contributed by atoms with Gasteiger partial charge in [0, 0.05) is 31.3 Å². The van der Waals surface area contributed by atoms with E-state index in [1.165, 1.54) is 0 Å². The summed E-state index contributed by atoms with van der Waals surface area (Å²) in [6, 6.07) is 5.57.